The van der Waals surface area contributed by atoms with Crippen LogP contribution in [0.2, 0.25) is 0 Å². The van der Waals surface area contributed by atoms with E-state index < -0.39 is 0 Å². The van der Waals surface area contributed by atoms with Gasteiger partial charge in [0.05, 0.1) is 11.0 Å². The molecule has 2 nitrogen and oxygen atoms in total. The molecule has 84 valence electrons. The van der Waals surface area contributed by atoms with Crippen molar-refractivity contribution in [2.45, 2.75) is 37.6 Å². The van der Waals surface area contributed by atoms with Gasteiger partial charge in [0.1, 0.15) is 6.61 Å². The summed E-state index contributed by atoms with van der Waals surface area (Å²) in [6.07, 6.45) is 2.35. The van der Waals surface area contributed by atoms with E-state index in [0.29, 0.717) is 0 Å². The number of ether oxygens (including phenoxy) is 1. The quantitative estimate of drug-likeness (QED) is 0.743. The van der Waals surface area contributed by atoms with Crippen molar-refractivity contribution < 1.29 is 4.74 Å². The molecule has 1 fully saturated rings. The van der Waals surface area contributed by atoms with Crippen molar-refractivity contribution in [3.8, 4) is 0 Å². The van der Waals surface area contributed by atoms with Gasteiger partial charge in [0.25, 0.3) is 0 Å². The van der Waals surface area contributed by atoms with Gasteiger partial charge in [-0.1, -0.05) is 30.3 Å². The molecule has 0 bridgehead atoms. The second-order valence-corrected chi connectivity index (χ2v) is 5.47. The fourth-order valence-electron chi connectivity index (χ4n) is 2.34. The van der Waals surface area contributed by atoms with Crippen molar-refractivity contribution in [2.24, 2.45) is 4.99 Å². The molecule has 1 aliphatic heterocycles. The van der Waals surface area contributed by atoms with E-state index in [-0.39, 0.29) is 11.0 Å². The number of rotatable bonds is 2. The topological polar surface area (TPSA) is 21.6 Å². The van der Waals surface area contributed by atoms with Gasteiger partial charge in [0.15, 0.2) is 5.90 Å². The first-order valence-electron chi connectivity index (χ1n) is 5.91. The van der Waals surface area contributed by atoms with Crippen molar-refractivity contribution in [2.75, 3.05) is 6.61 Å². The number of benzene rings is 1. The molecule has 0 saturated heterocycles. The lowest BCUT2D eigenvalue weighted by molar-refractivity contribution is 0.269. The number of hydrogen-bond acceptors (Lipinski definition) is 2. The summed E-state index contributed by atoms with van der Waals surface area (Å²) in [4.78, 5) is 4.73. The fourth-order valence-corrected chi connectivity index (χ4v) is 2.34. The first kappa shape index (κ1) is 9.88. The molecular weight excluding hydrogens is 198 g/mol. The van der Waals surface area contributed by atoms with Gasteiger partial charge in [0, 0.05) is 0 Å². The molecule has 0 unspecified atom stereocenters. The van der Waals surface area contributed by atoms with Crippen LogP contribution in [0.3, 0.4) is 0 Å². The summed E-state index contributed by atoms with van der Waals surface area (Å²) in [5.74, 6) is 0.962. The van der Waals surface area contributed by atoms with Crippen LogP contribution in [0.25, 0.3) is 0 Å². The smallest absolute Gasteiger partial charge is 0.194 e. The Morgan fingerprint density at radius 1 is 1.12 bits per heavy atom. The van der Waals surface area contributed by atoms with Gasteiger partial charge in [-0.25, -0.2) is 4.99 Å². The molecule has 0 amide bonds. The van der Waals surface area contributed by atoms with E-state index >= 15 is 0 Å². The first-order chi connectivity index (χ1) is 7.62. The number of nitrogens with zero attached hydrogens (tertiary/aromatic N) is 1. The minimum absolute atomic E-state index is 0.0420. The lowest BCUT2D eigenvalue weighted by Gasteiger charge is -2.14. The highest BCUT2D eigenvalue weighted by molar-refractivity contribution is 5.92. The van der Waals surface area contributed by atoms with Crippen LogP contribution in [0, 0.1) is 0 Å². The Morgan fingerprint density at radius 2 is 1.81 bits per heavy atom. The molecule has 2 heteroatoms. The molecule has 2 aliphatic rings. The molecule has 1 aliphatic carbocycles. The van der Waals surface area contributed by atoms with Crippen LogP contribution in [0.15, 0.2) is 35.3 Å². The van der Waals surface area contributed by atoms with Gasteiger partial charge in [0.2, 0.25) is 0 Å². The van der Waals surface area contributed by atoms with E-state index in [4.69, 9.17) is 9.73 Å². The van der Waals surface area contributed by atoms with Gasteiger partial charge in [-0.15, -0.1) is 0 Å². The van der Waals surface area contributed by atoms with Crippen LogP contribution in [0.4, 0.5) is 0 Å². The summed E-state index contributed by atoms with van der Waals surface area (Å²) < 4.78 is 5.80. The lowest BCUT2D eigenvalue weighted by atomic mass is 9.96. The van der Waals surface area contributed by atoms with E-state index in [0.717, 1.165) is 12.5 Å². The van der Waals surface area contributed by atoms with Gasteiger partial charge < -0.3 is 4.74 Å². The Bertz CT molecular complexity index is 429. The zero-order valence-electron chi connectivity index (χ0n) is 9.86. The summed E-state index contributed by atoms with van der Waals surface area (Å²) in [7, 11) is 0. The van der Waals surface area contributed by atoms with Crippen LogP contribution < -0.4 is 0 Å². The Kier molecular flexibility index (Phi) is 1.91. The van der Waals surface area contributed by atoms with Crippen LogP contribution in [0.1, 0.15) is 32.3 Å². The molecule has 0 N–H and O–H groups in total. The van der Waals surface area contributed by atoms with Crippen LogP contribution >= 0.6 is 0 Å². The van der Waals surface area contributed by atoms with Crippen molar-refractivity contribution in [3.63, 3.8) is 0 Å². The minimum atomic E-state index is -0.0420. The Labute approximate surface area is 96.3 Å². The molecule has 1 heterocycles. The highest BCUT2D eigenvalue weighted by atomic mass is 16.5. The van der Waals surface area contributed by atoms with Crippen LogP contribution in [0.5, 0.6) is 0 Å². The van der Waals surface area contributed by atoms with Gasteiger partial charge in [-0.2, -0.15) is 0 Å². The van der Waals surface area contributed by atoms with Crippen molar-refractivity contribution in [3.05, 3.63) is 35.9 Å². The summed E-state index contributed by atoms with van der Waals surface area (Å²) in [5, 5.41) is 0. The molecule has 16 heavy (non-hydrogen) atoms. The molecule has 0 atom stereocenters. The maximum absolute atomic E-state index is 5.80. The minimum Gasteiger partial charge on any atom is -0.478 e. The zero-order valence-corrected chi connectivity index (χ0v) is 9.86. The van der Waals surface area contributed by atoms with E-state index in [1.165, 1.54) is 18.4 Å². The molecule has 0 aromatic heterocycles. The molecule has 1 aromatic rings. The van der Waals surface area contributed by atoms with E-state index in [2.05, 4.69) is 44.2 Å². The SMILES string of the molecule is CC1(C)COC(C2(c3ccccc3)CC2)=N1. The van der Waals surface area contributed by atoms with Crippen molar-refractivity contribution in [1.82, 2.24) is 0 Å². The molecule has 1 saturated carbocycles. The second-order valence-electron chi connectivity index (χ2n) is 5.47. The summed E-state index contributed by atoms with van der Waals surface area (Å²) in [5.41, 5.74) is 1.42. The third kappa shape index (κ3) is 1.44. The van der Waals surface area contributed by atoms with E-state index in [1.54, 1.807) is 0 Å². The Morgan fingerprint density at radius 3 is 2.31 bits per heavy atom. The normalized spacial score (nSPS) is 24.8. The van der Waals surface area contributed by atoms with Gasteiger partial charge in [-0.05, 0) is 32.3 Å². The standard InChI is InChI=1S/C14H17NO/c1-13(2)10-16-12(15-13)14(8-9-14)11-6-4-3-5-7-11/h3-7H,8-10H2,1-2H3. The van der Waals surface area contributed by atoms with Crippen molar-refractivity contribution in [1.29, 1.82) is 0 Å². The molecule has 3 rings (SSSR count). The maximum Gasteiger partial charge on any atom is 0.194 e. The predicted octanol–water partition coefficient (Wildman–Crippen LogP) is 2.93. The molecule has 0 radical (unpaired) electrons. The average Bonchev–Trinajstić information content (AvgIpc) is 3.00. The van der Waals surface area contributed by atoms with Gasteiger partial charge >= 0.3 is 0 Å². The highest BCUT2D eigenvalue weighted by Gasteiger charge is 2.53. The van der Waals surface area contributed by atoms with Crippen LogP contribution in [-0.4, -0.2) is 18.0 Å². The third-order valence-corrected chi connectivity index (χ3v) is 3.45. The van der Waals surface area contributed by atoms with Crippen molar-refractivity contribution >= 4 is 5.90 Å². The number of aliphatic imine (C=N–C) groups is 1. The molecule has 1 aromatic carbocycles. The predicted molar refractivity (Wildman–Crippen MR) is 64.8 cm³/mol. The fraction of sp³-hybridized carbons (Fsp3) is 0.500. The Hall–Kier alpha value is -1.31. The summed E-state index contributed by atoms with van der Waals surface area (Å²) in [6, 6.07) is 10.6. The summed E-state index contributed by atoms with van der Waals surface area (Å²) in [6.45, 7) is 4.97. The summed E-state index contributed by atoms with van der Waals surface area (Å²) >= 11 is 0. The largest absolute Gasteiger partial charge is 0.478 e. The maximum atomic E-state index is 5.80. The van der Waals surface area contributed by atoms with Crippen LogP contribution in [-0.2, 0) is 10.2 Å². The average molecular weight is 215 g/mol. The second kappa shape index (κ2) is 3.09. The zero-order chi connectivity index (χ0) is 11.2. The highest BCUT2D eigenvalue weighted by Crippen LogP contribution is 2.51. The third-order valence-electron chi connectivity index (χ3n) is 3.45. The van der Waals surface area contributed by atoms with Gasteiger partial charge in [-0.3, -0.25) is 0 Å². The first-order valence-corrected chi connectivity index (χ1v) is 5.91. The lowest BCUT2D eigenvalue weighted by Crippen LogP contribution is -2.20. The van der Waals surface area contributed by atoms with E-state index in [1.807, 2.05) is 0 Å². The number of hydrogen-bond donors (Lipinski definition) is 0. The molecular formula is C14H17NO. The Balaban J connectivity index is 1.96. The molecule has 0 spiro atoms. The monoisotopic (exact) mass is 215 g/mol. The van der Waals surface area contributed by atoms with E-state index in [9.17, 15) is 0 Å².